The predicted molar refractivity (Wildman–Crippen MR) is 121 cm³/mol. The van der Waals surface area contributed by atoms with Crippen LogP contribution < -0.4 is 20.2 Å². The Balaban J connectivity index is 1.96. The number of allylic oxidation sites excluding steroid dienone is 1. The second-order valence-electron chi connectivity index (χ2n) is 7.05. The van der Waals surface area contributed by atoms with Crippen LogP contribution in [-0.2, 0) is 16.1 Å². The first kappa shape index (κ1) is 23.6. The molecule has 2 aromatic carbocycles. The average molecular weight is 454 g/mol. The van der Waals surface area contributed by atoms with E-state index in [-0.39, 0.29) is 18.1 Å². The number of aliphatic imine (C=N–C) groups is 1. The zero-order chi connectivity index (χ0) is 23.8. The van der Waals surface area contributed by atoms with Gasteiger partial charge in [-0.15, -0.1) is 0 Å². The van der Waals surface area contributed by atoms with Gasteiger partial charge in [0.1, 0.15) is 12.6 Å². The van der Waals surface area contributed by atoms with Gasteiger partial charge in [0.2, 0.25) is 0 Å². The molecule has 0 amide bonds. The zero-order valence-electron chi connectivity index (χ0n) is 18.7. The predicted octanol–water partition coefficient (Wildman–Crippen LogP) is 3.28. The van der Waals surface area contributed by atoms with E-state index in [0.29, 0.717) is 36.0 Å². The van der Waals surface area contributed by atoms with Crippen LogP contribution in [0.2, 0.25) is 0 Å². The van der Waals surface area contributed by atoms with Crippen molar-refractivity contribution in [3.8, 4) is 11.5 Å². The summed E-state index contributed by atoms with van der Waals surface area (Å²) < 4.78 is 16.9. The van der Waals surface area contributed by atoms with Crippen molar-refractivity contribution in [1.82, 2.24) is 10.7 Å². The van der Waals surface area contributed by atoms with Gasteiger partial charge in [0.05, 0.1) is 18.8 Å². The van der Waals surface area contributed by atoms with Gasteiger partial charge in [0, 0.05) is 5.70 Å². The number of guanidine groups is 1. The Morgan fingerprint density at radius 1 is 1.12 bits per heavy atom. The topological polar surface area (TPSA) is 124 Å². The Labute approximate surface area is 191 Å². The van der Waals surface area contributed by atoms with E-state index in [1.807, 2.05) is 42.7 Å². The monoisotopic (exact) mass is 454 g/mol. The van der Waals surface area contributed by atoms with E-state index < -0.39 is 17.0 Å². The summed E-state index contributed by atoms with van der Waals surface area (Å²) in [4.78, 5) is 27.9. The number of esters is 1. The van der Waals surface area contributed by atoms with Gasteiger partial charge in [-0.1, -0.05) is 41.8 Å². The third-order valence-electron chi connectivity index (χ3n) is 4.75. The highest BCUT2D eigenvalue weighted by Gasteiger charge is 2.32. The number of hydrazine groups is 1. The molecule has 0 saturated carbocycles. The minimum Gasteiger partial charge on any atom is -0.490 e. The Morgan fingerprint density at radius 3 is 2.55 bits per heavy atom. The molecule has 0 saturated heterocycles. The number of nitrogens with zero attached hydrogens (tertiary/aromatic N) is 2. The summed E-state index contributed by atoms with van der Waals surface area (Å²) in [6.07, 6.45) is 0. The maximum atomic E-state index is 12.7. The molecule has 0 bridgehead atoms. The number of ether oxygens (including phenoxy) is 3. The molecule has 3 rings (SSSR count). The Kier molecular flexibility index (Phi) is 7.85. The van der Waals surface area contributed by atoms with Crippen LogP contribution in [0.5, 0.6) is 11.5 Å². The van der Waals surface area contributed by atoms with Gasteiger partial charge in [0.25, 0.3) is 5.96 Å². The maximum absolute atomic E-state index is 12.7. The van der Waals surface area contributed by atoms with Crippen molar-refractivity contribution < 1.29 is 24.0 Å². The quantitative estimate of drug-likeness (QED) is 0.336. The summed E-state index contributed by atoms with van der Waals surface area (Å²) in [7, 11) is 0. The van der Waals surface area contributed by atoms with Crippen molar-refractivity contribution in [2.45, 2.75) is 33.4 Å². The normalized spacial score (nSPS) is 15.2. The van der Waals surface area contributed by atoms with E-state index in [4.69, 9.17) is 14.2 Å². The van der Waals surface area contributed by atoms with E-state index in [0.717, 1.165) is 5.56 Å². The van der Waals surface area contributed by atoms with Gasteiger partial charge in [0.15, 0.2) is 16.5 Å². The van der Waals surface area contributed by atoms with Gasteiger partial charge >= 0.3 is 5.97 Å². The fraction of sp³-hybridized carbons (Fsp3) is 0.304. The molecule has 2 N–H and O–H groups in total. The highest BCUT2D eigenvalue weighted by molar-refractivity contribution is 5.95. The van der Waals surface area contributed by atoms with E-state index in [9.17, 15) is 14.9 Å². The van der Waals surface area contributed by atoms with Crippen LogP contribution in [0.1, 0.15) is 37.9 Å². The van der Waals surface area contributed by atoms with Crippen molar-refractivity contribution in [2.75, 3.05) is 13.2 Å². The molecule has 2 aromatic rings. The van der Waals surface area contributed by atoms with Crippen LogP contribution in [0.4, 0.5) is 0 Å². The summed E-state index contributed by atoms with van der Waals surface area (Å²) >= 11 is 0. The molecule has 33 heavy (non-hydrogen) atoms. The standard InChI is InChI=1S/C23H26N4O6/c1-4-31-19-13-17(11-12-18(19)33-14-16-9-7-6-8-10-16)21-20(22(28)32-5-2)15(3)24-23(25-21)26-27(29)30/h6-13,21H,4-5,14H2,1-3H3,(H2,24,25,26)/t21-/m1/s1. The maximum Gasteiger partial charge on any atom is 0.338 e. The summed E-state index contributed by atoms with van der Waals surface area (Å²) in [5.74, 6) is 0.366. The average Bonchev–Trinajstić information content (AvgIpc) is 2.78. The van der Waals surface area contributed by atoms with Crippen LogP contribution in [0.15, 0.2) is 64.8 Å². The van der Waals surface area contributed by atoms with Gasteiger partial charge in [-0.3, -0.25) is 0 Å². The third kappa shape index (κ3) is 6.00. The molecule has 0 unspecified atom stereocenters. The fourth-order valence-electron chi connectivity index (χ4n) is 3.35. The largest absolute Gasteiger partial charge is 0.490 e. The van der Waals surface area contributed by atoms with Crippen molar-refractivity contribution in [3.05, 3.63) is 81.0 Å². The molecule has 1 aliphatic heterocycles. The summed E-state index contributed by atoms with van der Waals surface area (Å²) in [6, 6.07) is 14.1. The van der Waals surface area contributed by atoms with E-state index in [1.165, 1.54) is 0 Å². The molecule has 1 atom stereocenters. The lowest BCUT2D eigenvalue weighted by Crippen LogP contribution is -2.43. The Morgan fingerprint density at radius 2 is 1.88 bits per heavy atom. The number of carbonyl (C=O) groups is 1. The van der Waals surface area contributed by atoms with Crippen molar-refractivity contribution in [2.24, 2.45) is 4.99 Å². The molecule has 10 nitrogen and oxygen atoms in total. The molecular weight excluding hydrogens is 428 g/mol. The number of benzene rings is 2. The number of nitro groups is 1. The van der Waals surface area contributed by atoms with E-state index >= 15 is 0 Å². The van der Waals surface area contributed by atoms with Crippen LogP contribution in [0, 0.1) is 10.1 Å². The van der Waals surface area contributed by atoms with Gasteiger partial charge in [-0.25, -0.2) is 19.9 Å². The molecule has 0 spiro atoms. The number of hydrogen-bond donors (Lipinski definition) is 2. The Hall–Kier alpha value is -4.08. The molecule has 0 radical (unpaired) electrons. The molecule has 0 aliphatic carbocycles. The highest BCUT2D eigenvalue weighted by atomic mass is 16.7. The number of hydrogen-bond acceptors (Lipinski definition) is 8. The van der Waals surface area contributed by atoms with Gasteiger partial charge in [-0.05, 0) is 44.0 Å². The lowest BCUT2D eigenvalue weighted by atomic mass is 9.96. The molecule has 0 aromatic heterocycles. The number of rotatable bonds is 9. The van der Waals surface area contributed by atoms with Crippen molar-refractivity contribution in [1.29, 1.82) is 0 Å². The summed E-state index contributed by atoms with van der Waals surface area (Å²) in [5.41, 5.74) is 4.27. The lowest BCUT2D eigenvalue weighted by Gasteiger charge is -2.25. The molecular formula is C23H26N4O6. The second kappa shape index (κ2) is 11.0. The van der Waals surface area contributed by atoms with Crippen molar-refractivity contribution in [3.63, 3.8) is 0 Å². The first-order valence-electron chi connectivity index (χ1n) is 10.5. The molecule has 1 heterocycles. The van der Waals surface area contributed by atoms with Crippen molar-refractivity contribution >= 4 is 11.9 Å². The van der Waals surface area contributed by atoms with Crippen LogP contribution in [0.25, 0.3) is 0 Å². The number of nitrogens with one attached hydrogen (secondary N) is 2. The minimum atomic E-state index is -0.838. The van der Waals surface area contributed by atoms with Crippen LogP contribution in [0.3, 0.4) is 0 Å². The number of carbonyl (C=O) groups excluding carboxylic acids is 1. The van der Waals surface area contributed by atoms with Gasteiger partial charge < -0.3 is 19.5 Å². The van der Waals surface area contributed by atoms with Crippen LogP contribution in [-0.4, -0.2) is 30.2 Å². The van der Waals surface area contributed by atoms with E-state index in [1.54, 1.807) is 32.0 Å². The second-order valence-corrected chi connectivity index (χ2v) is 7.05. The summed E-state index contributed by atoms with van der Waals surface area (Å²) in [6.45, 7) is 6.13. The first-order chi connectivity index (χ1) is 15.9. The minimum absolute atomic E-state index is 0.0853. The van der Waals surface area contributed by atoms with Crippen LogP contribution >= 0.6 is 0 Å². The van der Waals surface area contributed by atoms with Gasteiger partial charge in [-0.2, -0.15) is 0 Å². The molecule has 0 fully saturated rings. The van der Waals surface area contributed by atoms with E-state index in [2.05, 4.69) is 10.3 Å². The molecule has 10 heteroatoms. The first-order valence-corrected chi connectivity index (χ1v) is 10.5. The fourth-order valence-corrected chi connectivity index (χ4v) is 3.35. The zero-order valence-corrected chi connectivity index (χ0v) is 18.7. The smallest absolute Gasteiger partial charge is 0.338 e. The SMILES string of the molecule is CCOC(=O)C1=C(C)NC(N[N+](=O)[O-])=N[C@@H]1c1ccc(OCc2ccccc2)c(OCC)c1. The molecule has 1 aliphatic rings. The Bertz CT molecular complexity index is 1070. The highest BCUT2D eigenvalue weighted by Crippen LogP contribution is 2.37. The molecule has 174 valence electrons. The lowest BCUT2D eigenvalue weighted by molar-refractivity contribution is -0.525. The summed E-state index contributed by atoms with van der Waals surface area (Å²) in [5, 5.41) is 13.0. The third-order valence-corrected chi connectivity index (χ3v) is 4.75.